The van der Waals surface area contributed by atoms with Crippen molar-refractivity contribution >= 4 is 23.4 Å². The summed E-state index contributed by atoms with van der Waals surface area (Å²) in [5.74, 6) is 0.748. The van der Waals surface area contributed by atoms with Crippen molar-refractivity contribution in [3.63, 3.8) is 0 Å². The van der Waals surface area contributed by atoms with Gasteiger partial charge in [-0.25, -0.2) is 0 Å². The highest BCUT2D eigenvalue weighted by Gasteiger charge is 2.17. The van der Waals surface area contributed by atoms with E-state index in [9.17, 15) is 5.11 Å². The van der Waals surface area contributed by atoms with Crippen molar-refractivity contribution in [1.82, 2.24) is 9.78 Å². The summed E-state index contributed by atoms with van der Waals surface area (Å²) in [5, 5.41) is 15.7. The molecule has 0 aromatic carbocycles. The maximum Gasteiger partial charge on any atom is 0.0850 e. The van der Waals surface area contributed by atoms with Gasteiger partial charge in [0.2, 0.25) is 0 Å². The summed E-state index contributed by atoms with van der Waals surface area (Å²) in [7, 11) is 1.88. The van der Waals surface area contributed by atoms with Gasteiger partial charge in [-0.1, -0.05) is 32.4 Å². The number of hydrogen-bond donors (Lipinski definition) is 1. The molecular formula is C13H23ClN2OS. The van der Waals surface area contributed by atoms with E-state index in [1.807, 2.05) is 14.0 Å². The van der Waals surface area contributed by atoms with Crippen LogP contribution in [0, 0.1) is 0 Å². The van der Waals surface area contributed by atoms with Crippen LogP contribution in [0.3, 0.4) is 0 Å². The molecule has 0 saturated heterocycles. The zero-order valence-electron chi connectivity index (χ0n) is 11.6. The molecule has 0 aliphatic heterocycles. The third kappa shape index (κ3) is 4.18. The summed E-state index contributed by atoms with van der Waals surface area (Å²) in [5.41, 5.74) is 1.85. The number of aliphatic hydroxyl groups excluding tert-OH is 1. The van der Waals surface area contributed by atoms with Crippen LogP contribution in [-0.4, -0.2) is 32.0 Å². The normalized spacial score (nSPS) is 14.8. The molecule has 0 fully saturated rings. The van der Waals surface area contributed by atoms with Gasteiger partial charge in [-0.2, -0.15) is 16.9 Å². The van der Waals surface area contributed by atoms with Gasteiger partial charge < -0.3 is 5.11 Å². The van der Waals surface area contributed by atoms with E-state index in [1.54, 1.807) is 16.4 Å². The Hall–Kier alpha value is -0.190. The lowest BCUT2D eigenvalue weighted by atomic mass is 10.2. The van der Waals surface area contributed by atoms with Gasteiger partial charge in [-0.15, -0.1) is 0 Å². The summed E-state index contributed by atoms with van der Waals surface area (Å²) in [6, 6.07) is 0. The highest BCUT2D eigenvalue weighted by atomic mass is 35.5. The van der Waals surface area contributed by atoms with Crippen LogP contribution in [0.5, 0.6) is 0 Å². The minimum absolute atomic E-state index is 0.360. The quantitative estimate of drug-likeness (QED) is 0.839. The van der Waals surface area contributed by atoms with Crippen molar-refractivity contribution < 1.29 is 5.11 Å². The Balaban J connectivity index is 2.59. The first-order chi connectivity index (χ1) is 8.49. The lowest BCUT2D eigenvalue weighted by Gasteiger charge is -2.13. The Kier molecular flexibility index (Phi) is 6.53. The maximum absolute atomic E-state index is 10.1. The Labute approximate surface area is 119 Å². The van der Waals surface area contributed by atoms with Gasteiger partial charge in [0.15, 0.2) is 0 Å². The van der Waals surface area contributed by atoms with Crippen molar-refractivity contribution in [2.45, 2.75) is 51.4 Å². The lowest BCUT2D eigenvalue weighted by molar-refractivity contribution is 0.197. The van der Waals surface area contributed by atoms with Gasteiger partial charge in [0.1, 0.15) is 0 Å². The van der Waals surface area contributed by atoms with Crippen molar-refractivity contribution in [3.8, 4) is 0 Å². The fraction of sp³-hybridized carbons (Fsp3) is 0.769. The van der Waals surface area contributed by atoms with Crippen molar-refractivity contribution in [2.75, 3.05) is 5.75 Å². The SMILES string of the molecule is CCc1nn(C)c(CC(O)CSC(C)CC)c1Cl. The molecule has 5 heteroatoms. The summed E-state index contributed by atoms with van der Waals surface area (Å²) in [6.07, 6.45) is 2.17. The van der Waals surface area contributed by atoms with Gasteiger partial charge in [0, 0.05) is 24.5 Å². The predicted octanol–water partition coefficient (Wildman–Crippen LogP) is 3.07. The molecule has 0 saturated carbocycles. The number of halogens is 1. The molecule has 0 radical (unpaired) electrons. The largest absolute Gasteiger partial charge is 0.392 e. The van der Waals surface area contributed by atoms with Gasteiger partial charge in [-0.3, -0.25) is 4.68 Å². The molecule has 2 unspecified atom stereocenters. The Morgan fingerprint density at radius 2 is 2.11 bits per heavy atom. The molecule has 1 heterocycles. The second kappa shape index (κ2) is 7.41. The molecule has 0 aliphatic carbocycles. The zero-order valence-corrected chi connectivity index (χ0v) is 13.2. The van der Waals surface area contributed by atoms with Crippen molar-refractivity contribution in [3.05, 3.63) is 16.4 Å². The van der Waals surface area contributed by atoms with Crippen LogP contribution < -0.4 is 0 Å². The first kappa shape index (κ1) is 15.9. The van der Waals surface area contributed by atoms with E-state index in [0.717, 1.165) is 30.0 Å². The predicted molar refractivity (Wildman–Crippen MR) is 79.5 cm³/mol. The van der Waals surface area contributed by atoms with Gasteiger partial charge in [-0.05, 0) is 12.8 Å². The zero-order chi connectivity index (χ0) is 13.7. The first-order valence-corrected chi connectivity index (χ1v) is 7.92. The molecule has 104 valence electrons. The summed E-state index contributed by atoms with van der Waals surface area (Å²) < 4.78 is 1.79. The molecule has 1 aromatic rings. The molecule has 18 heavy (non-hydrogen) atoms. The summed E-state index contributed by atoms with van der Waals surface area (Å²) in [6.45, 7) is 6.38. The van der Waals surface area contributed by atoms with Crippen LogP contribution in [0.15, 0.2) is 0 Å². The molecule has 2 atom stereocenters. The molecule has 0 aliphatic rings. The number of rotatable bonds is 7. The lowest BCUT2D eigenvalue weighted by Crippen LogP contribution is -2.17. The second-order valence-corrected chi connectivity index (χ2v) is 6.44. The van der Waals surface area contributed by atoms with E-state index < -0.39 is 0 Å². The molecule has 1 N–H and O–H groups in total. The van der Waals surface area contributed by atoms with Crippen LogP contribution in [0.2, 0.25) is 5.02 Å². The molecule has 0 bridgehead atoms. The molecular weight excluding hydrogens is 268 g/mol. The number of hydrogen-bond acceptors (Lipinski definition) is 3. The highest BCUT2D eigenvalue weighted by molar-refractivity contribution is 7.99. The van der Waals surface area contributed by atoms with E-state index in [4.69, 9.17) is 11.6 Å². The molecule has 0 amide bonds. The second-order valence-electron chi connectivity index (χ2n) is 4.59. The van der Waals surface area contributed by atoms with Crippen molar-refractivity contribution in [1.29, 1.82) is 0 Å². The Bertz CT molecular complexity index is 381. The number of aliphatic hydroxyl groups is 1. The van der Waals surface area contributed by atoms with Gasteiger partial charge in [0.05, 0.1) is 22.5 Å². The van der Waals surface area contributed by atoms with E-state index in [2.05, 4.69) is 18.9 Å². The van der Waals surface area contributed by atoms with Gasteiger partial charge >= 0.3 is 0 Å². The van der Waals surface area contributed by atoms with Crippen molar-refractivity contribution in [2.24, 2.45) is 7.05 Å². The Morgan fingerprint density at radius 3 is 2.61 bits per heavy atom. The number of aromatic nitrogens is 2. The highest BCUT2D eigenvalue weighted by Crippen LogP contribution is 2.23. The molecule has 0 spiro atoms. The average molecular weight is 291 g/mol. The standard InChI is InChI=1S/C13H23ClN2OS/c1-5-9(3)18-8-10(17)7-12-13(14)11(6-2)15-16(12)4/h9-10,17H,5-8H2,1-4H3. The smallest absolute Gasteiger partial charge is 0.0850 e. The van der Waals surface area contributed by atoms with Crippen LogP contribution in [0.1, 0.15) is 38.6 Å². The average Bonchev–Trinajstić information content (AvgIpc) is 2.63. The van der Waals surface area contributed by atoms with Crippen LogP contribution in [-0.2, 0) is 19.9 Å². The minimum atomic E-state index is -0.360. The summed E-state index contributed by atoms with van der Waals surface area (Å²) >= 11 is 8.07. The monoisotopic (exact) mass is 290 g/mol. The third-order valence-corrected chi connectivity index (χ3v) is 5.00. The number of thioether (sulfide) groups is 1. The molecule has 3 nitrogen and oxygen atoms in total. The van der Waals surface area contributed by atoms with E-state index in [-0.39, 0.29) is 6.10 Å². The maximum atomic E-state index is 10.1. The van der Waals surface area contributed by atoms with Crippen LogP contribution in [0.4, 0.5) is 0 Å². The fourth-order valence-corrected chi connectivity index (χ4v) is 2.99. The van der Waals surface area contributed by atoms with E-state index >= 15 is 0 Å². The molecule has 1 rings (SSSR count). The summed E-state index contributed by atoms with van der Waals surface area (Å²) in [4.78, 5) is 0. The van der Waals surface area contributed by atoms with Crippen LogP contribution >= 0.6 is 23.4 Å². The number of aryl methyl sites for hydroxylation is 2. The number of nitrogens with zero attached hydrogens (tertiary/aromatic N) is 2. The van der Waals surface area contributed by atoms with Gasteiger partial charge in [0.25, 0.3) is 0 Å². The third-order valence-electron chi connectivity index (χ3n) is 3.08. The molecule has 1 aromatic heterocycles. The van der Waals surface area contributed by atoms with E-state index in [1.165, 1.54) is 0 Å². The van der Waals surface area contributed by atoms with E-state index in [0.29, 0.717) is 16.7 Å². The fourth-order valence-electron chi connectivity index (χ4n) is 1.72. The van der Waals surface area contributed by atoms with Crippen LogP contribution in [0.25, 0.3) is 0 Å². The first-order valence-electron chi connectivity index (χ1n) is 6.49. The topological polar surface area (TPSA) is 38.0 Å². The minimum Gasteiger partial charge on any atom is -0.392 e. The Morgan fingerprint density at radius 1 is 1.44 bits per heavy atom.